The van der Waals surface area contributed by atoms with Crippen LogP contribution in [0, 0.1) is 5.92 Å². The molecular weight excluding hydrogens is 340 g/mol. The Bertz CT molecular complexity index is 690. The molecule has 0 aromatic heterocycles. The van der Waals surface area contributed by atoms with Gasteiger partial charge in [-0.05, 0) is 30.4 Å². The molecule has 1 unspecified atom stereocenters. The Hall–Kier alpha value is -2.54. The molecule has 3 N–H and O–H groups in total. The third-order valence-electron chi connectivity index (χ3n) is 4.16. The number of rotatable bonds is 7. The van der Waals surface area contributed by atoms with Crippen LogP contribution in [0.5, 0.6) is 0 Å². The molecule has 0 bridgehead atoms. The smallest absolute Gasteiger partial charge is 0.377 e. The summed E-state index contributed by atoms with van der Waals surface area (Å²) >= 11 is 0. The first-order valence-electron chi connectivity index (χ1n) is 8.47. The number of hydrogen-bond donors (Lipinski definition) is 3. The summed E-state index contributed by atoms with van der Waals surface area (Å²) in [6, 6.07) is 7.67. The second-order valence-electron chi connectivity index (χ2n) is 6.82. The van der Waals surface area contributed by atoms with Gasteiger partial charge in [-0.3, -0.25) is 4.79 Å². The average Bonchev–Trinajstić information content (AvgIpc) is 2.86. The topological polar surface area (TPSA) is 113 Å². The Morgan fingerprint density at radius 2 is 1.81 bits per heavy atom. The van der Waals surface area contributed by atoms with Gasteiger partial charge in [0.1, 0.15) is 12.7 Å². The number of carbonyl (C=O) groups excluding carboxylic acids is 2. The minimum Gasteiger partial charge on any atom is -0.505 e. The van der Waals surface area contributed by atoms with Crippen LogP contribution in [0.2, 0.25) is 0 Å². The minimum absolute atomic E-state index is 0.482. The quantitative estimate of drug-likeness (QED) is 0.635. The Labute approximate surface area is 151 Å². The summed E-state index contributed by atoms with van der Waals surface area (Å²) < 4.78 is 9.67. The molecule has 0 spiro atoms. The molecule has 1 aromatic rings. The van der Waals surface area contributed by atoms with Gasteiger partial charge in [-0.15, -0.1) is 0 Å². The van der Waals surface area contributed by atoms with Crippen molar-refractivity contribution in [2.45, 2.75) is 45.3 Å². The van der Waals surface area contributed by atoms with E-state index in [1.807, 2.05) is 24.3 Å². The standard InChI is InChI=1S/C19H24O7/c1-10(2)8-12-4-6-13(7-5-12)11(3)18(23)25-9-14(20)17-15(21)16(22)19(24)26-17/h4-7,10-11,14,17,20-22H,8-9H2,1-3H3/t11?,14-,17+/m0/s1. The van der Waals surface area contributed by atoms with Gasteiger partial charge in [-0.1, -0.05) is 38.1 Å². The lowest BCUT2D eigenvalue weighted by atomic mass is 9.97. The van der Waals surface area contributed by atoms with Gasteiger partial charge >= 0.3 is 11.9 Å². The van der Waals surface area contributed by atoms with E-state index in [1.165, 1.54) is 5.56 Å². The van der Waals surface area contributed by atoms with Crippen molar-refractivity contribution >= 4 is 11.9 Å². The number of aliphatic hydroxyl groups excluding tert-OH is 3. The zero-order valence-electron chi connectivity index (χ0n) is 15.0. The molecule has 1 aromatic carbocycles. The highest BCUT2D eigenvalue weighted by Gasteiger charge is 2.39. The highest BCUT2D eigenvalue weighted by molar-refractivity contribution is 5.89. The first-order chi connectivity index (χ1) is 12.2. The van der Waals surface area contributed by atoms with Gasteiger partial charge < -0.3 is 24.8 Å². The molecule has 7 heteroatoms. The van der Waals surface area contributed by atoms with Crippen molar-refractivity contribution in [3.63, 3.8) is 0 Å². The molecule has 1 aliphatic rings. The van der Waals surface area contributed by atoms with Crippen molar-refractivity contribution in [1.82, 2.24) is 0 Å². The van der Waals surface area contributed by atoms with Crippen LogP contribution >= 0.6 is 0 Å². The van der Waals surface area contributed by atoms with E-state index in [-0.39, 0.29) is 0 Å². The lowest BCUT2D eigenvalue weighted by Crippen LogP contribution is -2.34. The lowest BCUT2D eigenvalue weighted by Gasteiger charge is -2.19. The van der Waals surface area contributed by atoms with Crippen LogP contribution in [0.3, 0.4) is 0 Å². The van der Waals surface area contributed by atoms with E-state index in [4.69, 9.17) is 4.74 Å². The third-order valence-corrected chi connectivity index (χ3v) is 4.16. The number of carbonyl (C=O) groups is 2. The molecule has 142 valence electrons. The minimum atomic E-state index is -1.48. The Morgan fingerprint density at radius 1 is 1.19 bits per heavy atom. The molecule has 2 rings (SSSR count). The van der Waals surface area contributed by atoms with E-state index in [2.05, 4.69) is 18.6 Å². The molecule has 0 saturated heterocycles. The Kier molecular flexibility index (Phi) is 6.26. The summed E-state index contributed by atoms with van der Waals surface area (Å²) in [6.45, 7) is 5.47. The zero-order chi connectivity index (χ0) is 19.4. The number of ether oxygens (including phenoxy) is 2. The van der Waals surface area contributed by atoms with E-state index >= 15 is 0 Å². The van der Waals surface area contributed by atoms with Crippen molar-refractivity contribution < 1.29 is 34.4 Å². The van der Waals surface area contributed by atoms with E-state index in [1.54, 1.807) is 6.92 Å². The molecule has 0 radical (unpaired) electrons. The van der Waals surface area contributed by atoms with Crippen molar-refractivity contribution in [2.24, 2.45) is 5.92 Å². The third kappa shape index (κ3) is 4.54. The molecule has 3 atom stereocenters. The summed E-state index contributed by atoms with van der Waals surface area (Å²) in [4.78, 5) is 23.3. The molecule has 0 amide bonds. The molecule has 0 fully saturated rings. The zero-order valence-corrected chi connectivity index (χ0v) is 15.0. The predicted octanol–water partition coefficient (Wildman–Crippen LogP) is 2.15. The number of aliphatic hydroxyl groups is 3. The molecule has 7 nitrogen and oxygen atoms in total. The largest absolute Gasteiger partial charge is 0.505 e. The normalized spacial score (nSPS) is 19.4. The van der Waals surface area contributed by atoms with Gasteiger partial charge in [-0.2, -0.15) is 0 Å². The van der Waals surface area contributed by atoms with E-state index < -0.39 is 48.2 Å². The van der Waals surface area contributed by atoms with Crippen molar-refractivity contribution in [2.75, 3.05) is 6.61 Å². The number of esters is 2. The number of cyclic esters (lactones) is 1. The van der Waals surface area contributed by atoms with Gasteiger partial charge in [0.05, 0.1) is 5.92 Å². The fourth-order valence-electron chi connectivity index (χ4n) is 2.66. The van der Waals surface area contributed by atoms with E-state index in [9.17, 15) is 24.9 Å². The molecule has 1 heterocycles. The predicted molar refractivity (Wildman–Crippen MR) is 92.5 cm³/mol. The van der Waals surface area contributed by atoms with Gasteiger partial charge in [-0.25, -0.2) is 4.79 Å². The molecular formula is C19H24O7. The number of hydrogen-bond acceptors (Lipinski definition) is 7. The summed E-state index contributed by atoms with van der Waals surface area (Å²) in [6.07, 6.45) is -1.97. The fourth-order valence-corrected chi connectivity index (χ4v) is 2.66. The van der Waals surface area contributed by atoms with Crippen LogP contribution in [0.1, 0.15) is 37.8 Å². The second-order valence-corrected chi connectivity index (χ2v) is 6.82. The monoisotopic (exact) mass is 364 g/mol. The van der Waals surface area contributed by atoms with Crippen LogP contribution in [0.4, 0.5) is 0 Å². The molecule has 0 saturated carbocycles. The molecule has 26 heavy (non-hydrogen) atoms. The van der Waals surface area contributed by atoms with Gasteiger partial charge in [0.2, 0.25) is 5.76 Å². The van der Waals surface area contributed by atoms with Crippen molar-refractivity contribution in [1.29, 1.82) is 0 Å². The van der Waals surface area contributed by atoms with Crippen LogP contribution in [-0.2, 0) is 25.5 Å². The summed E-state index contributed by atoms with van der Waals surface area (Å²) in [5.41, 5.74) is 1.97. The highest BCUT2D eigenvalue weighted by atomic mass is 16.6. The first kappa shape index (κ1) is 19.8. The van der Waals surface area contributed by atoms with Crippen LogP contribution < -0.4 is 0 Å². The summed E-state index contributed by atoms with van der Waals surface area (Å²) in [5.74, 6) is -3.41. The summed E-state index contributed by atoms with van der Waals surface area (Å²) in [5, 5.41) is 28.7. The van der Waals surface area contributed by atoms with Crippen LogP contribution in [-0.4, -0.2) is 46.1 Å². The molecule has 0 aliphatic carbocycles. The fraction of sp³-hybridized carbons (Fsp3) is 0.474. The maximum absolute atomic E-state index is 12.2. The summed E-state index contributed by atoms with van der Waals surface area (Å²) in [7, 11) is 0. The average molecular weight is 364 g/mol. The Balaban J connectivity index is 1.90. The van der Waals surface area contributed by atoms with Gasteiger partial charge in [0.25, 0.3) is 0 Å². The Morgan fingerprint density at radius 3 is 2.31 bits per heavy atom. The van der Waals surface area contributed by atoms with Crippen LogP contribution in [0.25, 0.3) is 0 Å². The van der Waals surface area contributed by atoms with E-state index in [0.29, 0.717) is 5.92 Å². The lowest BCUT2D eigenvalue weighted by molar-refractivity contribution is -0.155. The SMILES string of the molecule is CC(C)Cc1ccc(C(C)C(=O)OC[C@H](O)[C@H]2OC(=O)C(O)=C2O)cc1. The molecule has 1 aliphatic heterocycles. The first-order valence-corrected chi connectivity index (χ1v) is 8.47. The van der Waals surface area contributed by atoms with E-state index in [0.717, 1.165) is 12.0 Å². The number of benzene rings is 1. The maximum atomic E-state index is 12.2. The van der Waals surface area contributed by atoms with Crippen molar-refractivity contribution in [3.8, 4) is 0 Å². The van der Waals surface area contributed by atoms with Gasteiger partial charge in [0, 0.05) is 0 Å². The second kappa shape index (κ2) is 8.23. The van der Waals surface area contributed by atoms with Crippen LogP contribution in [0.15, 0.2) is 35.8 Å². The maximum Gasteiger partial charge on any atom is 0.377 e. The highest BCUT2D eigenvalue weighted by Crippen LogP contribution is 2.23. The van der Waals surface area contributed by atoms with Gasteiger partial charge in [0.15, 0.2) is 11.9 Å². The van der Waals surface area contributed by atoms with Crippen molar-refractivity contribution in [3.05, 3.63) is 46.9 Å².